The first-order chi connectivity index (χ1) is 14.9. The highest BCUT2D eigenvalue weighted by atomic mass is 32.2. The average molecular weight is 439 g/mol. The van der Waals surface area contributed by atoms with Crippen LogP contribution in [0.4, 0.5) is 5.82 Å². The van der Waals surface area contributed by atoms with Gasteiger partial charge >= 0.3 is 0 Å². The second kappa shape index (κ2) is 9.01. The molecule has 8 heteroatoms. The van der Waals surface area contributed by atoms with E-state index < -0.39 is 9.84 Å². The lowest BCUT2D eigenvalue weighted by molar-refractivity contribution is 0.312. The molecule has 1 aliphatic rings. The molecule has 4 rings (SSSR count). The SMILES string of the molecule is CN(CCCOc1ccc(S(C)(=O)=O)cc1)c1nc(-c2ccncc2)nc2c1CCC2. The van der Waals surface area contributed by atoms with E-state index >= 15 is 0 Å². The van der Waals surface area contributed by atoms with E-state index in [9.17, 15) is 8.42 Å². The molecule has 0 saturated carbocycles. The summed E-state index contributed by atoms with van der Waals surface area (Å²) in [6.45, 7) is 1.33. The Kier molecular flexibility index (Phi) is 6.18. The minimum absolute atomic E-state index is 0.294. The number of benzene rings is 1. The lowest BCUT2D eigenvalue weighted by atomic mass is 10.2. The Morgan fingerprint density at radius 1 is 1.03 bits per heavy atom. The zero-order chi connectivity index (χ0) is 21.8. The smallest absolute Gasteiger partial charge is 0.175 e. The quantitative estimate of drug-likeness (QED) is 0.499. The van der Waals surface area contributed by atoms with Gasteiger partial charge < -0.3 is 9.64 Å². The Hall–Kier alpha value is -3.00. The van der Waals surface area contributed by atoms with Crippen LogP contribution in [0.1, 0.15) is 24.1 Å². The van der Waals surface area contributed by atoms with Crippen molar-refractivity contribution in [3.8, 4) is 17.1 Å². The van der Waals surface area contributed by atoms with Crippen LogP contribution in [0.5, 0.6) is 5.75 Å². The molecule has 0 amide bonds. The molecule has 0 saturated heterocycles. The summed E-state index contributed by atoms with van der Waals surface area (Å²) in [6.07, 6.45) is 8.63. The Morgan fingerprint density at radius 2 is 1.77 bits per heavy atom. The van der Waals surface area contributed by atoms with Crippen LogP contribution in [-0.4, -0.2) is 49.8 Å². The number of aryl methyl sites for hydroxylation is 1. The molecule has 1 aliphatic carbocycles. The van der Waals surface area contributed by atoms with E-state index in [4.69, 9.17) is 14.7 Å². The Morgan fingerprint density at radius 3 is 2.48 bits per heavy atom. The van der Waals surface area contributed by atoms with Gasteiger partial charge in [-0.05, 0) is 62.1 Å². The molecule has 2 aromatic heterocycles. The number of hydrogen-bond donors (Lipinski definition) is 0. The van der Waals surface area contributed by atoms with E-state index in [0.29, 0.717) is 17.3 Å². The number of hydrogen-bond acceptors (Lipinski definition) is 7. The summed E-state index contributed by atoms with van der Waals surface area (Å²) < 4.78 is 28.9. The average Bonchev–Trinajstić information content (AvgIpc) is 3.25. The molecule has 0 radical (unpaired) electrons. The summed E-state index contributed by atoms with van der Waals surface area (Å²) in [4.78, 5) is 16.2. The second-order valence-electron chi connectivity index (χ2n) is 7.75. The molecular formula is C23H26N4O3S. The third-order valence-electron chi connectivity index (χ3n) is 5.37. The van der Waals surface area contributed by atoms with Crippen molar-refractivity contribution < 1.29 is 13.2 Å². The van der Waals surface area contributed by atoms with Crippen LogP contribution in [0.25, 0.3) is 11.4 Å². The lowest BCUT2D eigenvalue weighted by Gasteiger charge is -2.22. The number of rotatable bonds is 8. The maximum Gasteiger partial charge on any atom is 0.175 e. The summed E-state index contributed by atoms with van der Waals surface area (Å²) >= 11 is 0. The molecule has 0 spiro atoms. The molecule has 7 nitrogen and oxygen atoms in total. The number of aromatic nitrogens is 3. The summed E-state index contributed by atoms with van der Waals surface area (Å²) in [6, 6.07) is 10.4. The van der Waals surface area contributed by atoms with E-state index in [1.54, 1.807) is 36.7 Å². The standard InChI is InChI=1S/C23H26N4O3S/c1-27(15-4-16-30-18-7-9-19(10-8-18)31(2,28)29)23-20-5-3-6-21(20)25-22(26-23)17-11-13-24-14-12-17/h7-14H,3-6,15-16H2,1-2H3. The fourth-order valence-electron chi connectivity index (χ4n) is 3.74. The monoisotopic (exact) mass is 438 g/mol. The first-order valence-corrected chi connectivity index (χ1v) is 12.3. The van der Waals surface area contributed by atoms with Crippen LogP contribution in [0, 0.1) is 0 Å². The molecule has 0 bridgehead atoms. The minimum Gasteiger partial charge on any atom is -0.494 e. The first kappa shape index (κ1) is 21.2. The number of pyridine rings is 1. The third-order valence-corrected chi connectivity index (χ3v) is 6.50. The van der Waals surface area contributed by atoms with Gasteiger partial charge in [0, 0.05) is 49.1 Å². The molecule has 31 heavy (non-hydrogen) atoms. The van der Waals surface area contributed by atoms with Crippen molar-refractivity contribution in [3.63, 3.8) is 0 Å². The highest BCUT2D eigenvalue weighted by Crippen LogP contribution is 2.31. The van der Waals surface area contributed by atoms with Gasteiger partial charge in [0.25, 0.3) is 0 Å². The summed E-state index contributed by atoms with van der Waals surface area (Å²) in [5.41, 5.74) is 3.36. The van der Waals surface area contributed by atoms with Gasteiger partial charge in [-0.3, -0.25) is 4.98 Å². The van der Waals surface area contributed by atoms with E-state index in [-0.39, 0.29) is 0 Å². The normalized spacial score (nSPS) is 13.1. The number of nitrogens with zero attached hydrogens (tertiary/aromatic N) is 4. The van der Waals surface area contributed by atoms with E-state index in [0.717, 1.165) is 55.1 Å². The highest BCUT2D eigenvalue weighted by Gasteiger charge is 2.22. The number of anilines is 1. The number of ether oxygens (including phenoxy) is 1. The zero-order valence-electron chi connectivity index (χ0n) is 17.8. The number of fused-ring (bicyclic) bond motifs is 1. The predicted octanol–water partition coefficient (Wildman–Crippen LogP) is 3.34. The van der Waals surface area contributed by atoms with E-state index in [1.165, 1.54) is 11.8 Å². The van der Waals surface area contributed by atoms with Crippen molar-refractivity contribution in [1.29, 1.82) is 0 Å². The van der Waals surface area contributed by atoms with Gasteiger partial charge in [-0.2, -0.15) is 0 Å². The van der Waals surface area contributed by atoms with Gasteiger partial charge in [0.2, 0.25) is 0 Å². The first-order valence-electron chi connectivity index (χ1n) is 10.4. The zero-order valence-corrected chi connectivity index (χ0v) is 18.6. The fourth-order valence-corrected chi connectivity index (χ4v) is 4.37. The van der Waals surface area contributed by atoms with Gasteiger partial charge in [-0.1, -0.05) is 0 Å². The predicted molar refractivity (Wildman–Crippen MR) is 120 cm³/mol. The van der Waals surface area contributed by atoms with Crippen LogP contribution in [0.2, 0.25) is 0 Å². The van der Waals surface area contributed by atoms with E-state index in [1.807, 2.05) is 12.1 Å². The van der Waals surface area contributed by atoms with Crippen LogP contribution >= 0.6 is 0 Å². The Balaban J connectivity index is 1.40. The molecule has 2 heterocycles. The van der Waals surface area contributed by atoms with E-state index in [2.05, 4.69) is 16.9 Å². The molecule has 3 aromatic rings. The largest absolute Gasteiger partial charge is 0.494 e. The number of sulfone groups is 1. The molecule has 0 fully saturated rings. The second-order valence-corrected chi connectivity index (χ2v) is 9.77. The van der Waals surface area contributed by atoms with Gasteiger partial charge in [-0.15, -0.1) is 0 Å². The van der Waals surface area contributed by atoms with Crippen molar-refractivity contribution >= 4 is 15.7 Å². The Bertz CT molecular complexity index is 1150. The van der Waals surface area contributed by atoms with Gasteiger partial charge in [0.15, 0.2) is 15.7 Å². The van der Waals surface area contributed by atoms with Crippen molar-refractivity contribution in [2.75, 3.05) is 31.4 Å². The van der Waals surface area contributed by atoms with Crippen molar-refractivity contribution in [1.82, 2.24) is 15.0 Å². The summed E-state index contributed by atoms with van der Waals surface area (Å²) in [7, 11) is -1.14. The maximum atomic E-state index is 11.5. The third kappa shape index (κ3) is 5.02. The Labute approximate surface area is 183 Å². The topological polar surface area (TPSA) is 85.3 Å². The highest BCUT2D eigenvalue weighted by molar-refractivity contribution is 7.90. The molecule has 1 aromatic carbocycles. The molecule has 0 aliphatic heterocycles. The van der Waals surface area contributed by atoms with Crippen LogP contribution in [0.15, 0.2) is 53.7 Å². The lowest BCUT2D eigenvalue weighted by Crippen LogP contribution is -2.23. The minimum atomic E-state index is -3.19. The van der Waals surface area contributed by atoms with Gasteiger partial charge in [-0.25, -0.2) is 18.4 Å². The molecule has 162 valence electrons. The summed E-state index contributed by atoms with van der Waals surface area (Å²) in [5, 5.41) is 0. The molecular weight excluding hydrogens is 412 g/mol. The van der Waals surface area contributed by atoms with Crippen molar-refractivity contribution in [2.24, 2.45) is 0 Å². The van der Waals surface area contributed by atoms with Gasteiger partial charge in [0.05, 0.1) is 11.5 Å². The summed E-state index contributed by atoms with van der Waals surface area (Å²) in [5.74, 6) is 2.40. The van der Waals surface area contributed by atoms with Crippen molar-refractivity contribution in [2.45, 2.75) is 30.6 Å². The fraction of sp³-hybridized carbons (Fsp3) is 0.348. The van der Waals surface area contributed by atoms with Crippen LogP contribution < -0.4 is 9.64 Å². The molecule has 0 atom stereocenters. The van der Waals surface area contributed by atoms with Crippen molar-refractivity contribution in [3.05, 3.63) is 60.0 Å². The van der Waals surface area contributed by atoms with Crippen LogP contribution in [-0.2, 0) is 22.7 Å². The van der Waals surface area contributed by atoms with Gasteiger partial charge in [0.1, 0.15) is 11.6 Å². The van der Waals surface area contributed by atoms with Crippen LogP contribution in [0.3, 0.4) is 0 Å². The maximum absolute atomic E-state index is 11.5. The molecule has 0 N–H and O–H groups in total. The molecule has 0 unspecified atom stereocenters.